The van der Waals surface area contributed by atoms with Crippen LogP contribution in [0.15, 0.2) is 42.6 Å². The number of nitrogens with one attached hydrogen (secondary N) is 3. The molecule has 0 radical (unpaired) electrons. The standard InChI is InChI=1S/C20H33N7O3.C6H6.C2H6/c1-13(2)26-12-14(24-25-26)10-22-19(29)17-9-8-15-6-4-5-7-16(20(30)27(15)17)23-18(28)11-21-3;1-2-4-6-5-3-1;1-2/h12-13,15-17,21H,4-11H2,1-3H3,(H,22,29)(H,23,28);1-6H;1-2H3. The van der Waals surface area contributed by atoms with E-state index in [1.165, 1.54) is 0 Å². The summed E-state index contributed by atoms with van der Waals surface area (Å²) >= 11 is 0. The predicted octanol–water partition coefficient (Wildman–Crippen LogP) is 2.83. The van der Waals surface area contributed by atoms with Crippen molar-refractivity contribution >= 4 is 17.7 Å². The molecule has 3 atom stereocenters. The van der Waals surface area contributed by atoms with E-state index >= 15 is 0 Å². The summed E-state index contributed by atoms with van der Waals surface area (Å²) in [6.07, 6.45) is 6.64. The van der Waals surface area contributed by atoms with Gasteiger partial charge in [-0.25, -0.2) is 4.68 Å². The Bertz CT molecular complexity index is 953. The highest BCUT2D eigenvalue weighted by molar-refractivity contribution is 5.93. The molecule has 3 N–H and O–H groups in total. The van der Waals surface area contributed by atoms with Gasteiger partial charge in [0.05, 0.1) is 19.3 Å². The number of hydrogen-bond donors (Lipinski definition) is 3. The van der Waals surface area contributed by atoms with Crippen LogP contribution in [-0.4, -0.2) is 69.3 Å². The largest absolute Gasteiger partial charge is 0.349 e. The van der Waals surface area contributed by atoms with Crippen molar-refractivity contribution in [1.82, 2.24) is 35.8 Å². The monoisotopic (exact) mass is 527 g/mol. The molecule has 0 saturated carbocycles. The van der Waals surface area contributed by atoms with Gasteiger partial charge in [-0.3, -0.25) is 14.4 Å². The van der Waals surface area contributed by atoms with Crippen LogP contribution in [0.5, 0.6) is 0 Å². The minimum atomic E-state index is -0.576. The fourth-order valence-corrected chi connectivity index (χ4v) is 4.66. The second-order valence-corrected chi connectivity index (χ2v) is 9.58. The molecular weight excluding hydrogens is 482 g/mol. The van der Waals surface area contributed by atoms with Gasteiger partial charge in [0.1, 0.15) is 17.8 Å². The van der Waals surface area contributed by atoms with Crippen molar-refractivity contribution in [2.24, 2.45) is 0 Å². The molecule has 2 fully saturated rings. The summed E-state index contributed by atoms with van der Waals surface area (Å²) < 4.78 is 1.74. The van der Waals surface area contributed by atoms with Crippen LogP contribution in [0.1, 0.15) is 78.0 Å². The first-order valence-electron chi connectivity index (χ1n) is 13.8. The number of rotatable bonds is 7. The summed E-state index contributed by atoms with van der Waals surface area (Å²) in [6, 6.07) is 11.2. The van der Waals surface area contributed by atoms with Crippen molar-refractivity contribution < 1.29 is 14.4 Å². The lowest BCUT2D eigenvalue weighted by Crippen LogP contribution is -2.57. The van der Waals surface area contributed by atoms with Gasteiger partial charge in [0.25, 0.3) is 0 Å². The van der Waals surface area contributed by atoms with Crippen LogP contribution in [0, 0.1) is 0 Å². The first kappa shape index (κ1) is 31.0. The molecule has 3 heterocycles. The lowest BCUT2D eigenvalue weighted by molar-refractivity contribution is -0.144. The number of nitrogens with zero attached hydrogens (tertiary/aromatic N) is 4. The highest BCUT2D eigenvalue weighted by Crippen LogP contribution is 2.31. The lowest BCUT2D eigenvalue weighted by atomic mass is 9.99. The summed E-state index contributed by atoms with van der Waals surface area (Å²) in [4.78, 5) is 40.0. The molecule has 10 nitrogen and oxygen atoms in total. The van der Waals surface area contributed by atoms with E-state index in [1.807, 2.05) is 70.3 Å². The second-order valence-electron chi connectivity index (χ2n) is 9.58. The highest BCUT2D eigenvalue weighted by Gasteiger charge is 2.43. The minimum absolute atomic E-state index is 0.0547. The van der Waals surface area contributed by atoms with Crippen LogP contribution < -0.4 is 16.0 Å². The Morgan fingerprint density at radius 3 is 2.21 bits per heavy atom. The Labute approximate surface area is 226 Å². The van der Waals surface area contributed by atoms with Gasteiger partial charge in [-0.15, -0.1) is 5.10 Å². The minimum Gasteiger partial charge on any atom is -0.349 e. The third kappa shape index (κ3) is 9.24. The Morgan fingerprint density at radius 1 is 1.00 bits per heavy atom. The van der Waals surface area contributed by atoms with Gasteiger partial charge in [0.15, 0.2) is 0 Å². The molecule has 2 aromatic rings. The third-order valence-electron chi connectivity index (χ3n) is 6.51. The summed E-state index contributed by atoms with van der Waals surface area (Å²) in [5.41, 5.74) is 0.683. The van der Waals surface area contributed by atoms with Crippen molar-refractivity contribution in [3.8, 4) is 0 Å². The van der Waals surface area contributed by atoms with Crippen LogP contribution in [0.25, 0.3) is 0 Å². The van der Waals surface area contributed by atoms with Crippen LogP contribution in [0.4, 0.5) is 0 Å². The van der Waals surface area contributed by atoms with Crippen molar-refractivity contribution in [2.75, 3.05) is 13.6 Å². The average molecular weight is 528 g/mol. The molecule has 10 heteroatoms. The van der Waals surface area contributed by atoms with Gasteiger partial charge < -0.3 is 20.9 Å². The molecule has 1 aromatic carbocycles. The van der Waals surface area contributed by atoms with Gasteiger partial charge in [-0.2, -0.15) is 0 Å². The molecule has 210 valence electrons. The first-order valence-corrected chi connectivity index (χ1v) is 13.8. The number of aromatic nitrogens is 3. The van der Waals surface area contributed by atoms with E-state index in [1.54, 1.807) is 16.6 Å². The predicted molar refractivity (Wildman–Crippen MR) is 148 cm³/mol. The van der Waals surface area contributed by atoms with E-state index in [4.69, 9.17) is 0 Å². The van der Waals surface area contributed by atoms with E-state index in [2.05, 4.69) is 26.3 Å². The molecule has 2 saturated heterocycles. The van der Waals surface area contributed by atoms with Crippen molar-refractivity contribution in [2.45, 2.75) is 96.9 Å². The topological polar surface area (TPSA) is 121 Å². The van der Waals surface area contributed by atoms with Crippen LogP contribution in [0.2, 0.25) is 0 Å². The SMILES string of the molecule is CC.CNCC(=O)NC1CCCCC2CCC(C(=O)NCc3cn(C(C)C)nn3)N2C1=O.c1ccccc1. The number of carbonyl (C=O) groups is 3. The molecule has 1 aromatic heterocycles. The molecular formula is C28H45N7O3. The second kappa shape index (κ2) is 16.5. The Balaban J connectivity index is 0.000000548. The number of amides is 3. The summed E-state index contributed by atoms with van der Waals surface area (Å²) in [5, 5.41) is 16.7. The molecule has 0 aliphatic carbocycles. The number of carbonyl (C=O) groups excluding carboxylic acids is 3. The average Bonchev–Trinajstić information content (AvgIpc) is 3.58. The van der Waals surface area contributed by atoms with Gasteiger partial charge in [-0.05, 0) is 46.6 Å². The summed E-state index contributed by atoms with van der Waals surface area (Å²) in [5.74, 6) is -0.528. The zero-order valence-electron chi connectivity index (χ0n) is 23.5. The van der Waals surface area contributed by atoms with E-state index in [0.717, 1.165) is 25.7 Å². The van der Waals surface area contributed by atoms with Gasteiger partial charge >= 0.3 is 0 Å². The number of benzene rings is 1. The number of likely N-dealkylation sites (N-methyl/N-ethyl adjacent to an activating group) is 1. The summed E-state index contributed by atoms with van der Waals surface area (Å²) in [7, 11) is 1.69. The first-order chi connectivity index (χ1) is 18.4. The lowest BCUT2D eigenvalue weighted by Gasteiger charge is -2.35. The quantitative estimate of drug-likeness (QED) is 0.509. The molecule has 3 unspecified atom stereocenters. The fraction of sp³-hybridized carbons (Fsp3) is 0.607. The van der Waals surface area contributed by atoms with Crippen LogP contribution in [0.3, 0.4) is 0 Å². The van der Waals surface area contributed by atoms with E-state index in [9.17, 15) is 14.4 Å². The van der Waals surface area contributed by atoms with Gasteiger partial charge in [-0.1, -0.05) is 68.3 Å². The number of fused-ring (bicyclic) bond motifs is 1. The van der Waals surface area contributed by atoms with Crippen molar-refractivity contribution in [3.05, 3.63) is 48.3 Å². The molecule has 38 heavy (non-hydrogen) atoms. The maximum absolute atomic E-state index is 13.3. The van der Waals surface area contributed by atoms with Gasteiger partial charge in [0.2, 0.25) is 17.7 Å². The molecule has 0 bridgehead atoms. The fourth-order valence-electron chi connectivity index (χ4n) is 4.66. The highest BCUT2D eigenvalue weighted by atomic mass is 16.2. The maximum atomic E-state index is 13.3. The smallest absolute Gasteiger partial charge is 0.246 e. The molecule has 0 spiro atoms. The Kier molecular flexibility index (Phi) is 13.5. The number of hydrogen-bond acceptors (Lipinski definition) is 6. The maximum Gasteiger partial charge on any atom is 0.246 e. The Hall–Kier alpha value is -3.27. The third-order valence-corrected chi connectivity index (χ3v) is 6.51. The van der Waals surface area contributed by atoms with Crippen molar-refractivity contribution in [1.29, 1.82) is 0 Å². The normalized spacial score (nSPS) is 20.6. The van der Waals surface area contributed by atoms with Crippen LogP contribution >= 0.6 is 0 Å². The van der Waals surface area contributed by atoms with E-state index < -0.39 is 12.1 Å². The zero-order chi connectivity index (χ0) is 27.9. The molecule has 2 aliphatic rings. The summed E-state index contributed by atoms with van der Waals surface area (Å²) in [6.45, 7) is 8.45. The molecule has 3 amide bonds. The molecule has 4 rings (SSSR count). The molecule has 2 aliphatic heterocycles. The van der Waals surface area contributed by atoms with Gasteiger partial charge in [0, 0.05) is 12.1 Å². The Morgan fingerprint density at radius 2 is 1.63 bits per heavy atom. The van der Waals surface area contributed by atoms with E-state index in [-0.39, 0.29) is 42.9 Å². The van der Waals surface area contributed by atoms with Crippen LogP contribution in [-0.2, 0) is 20.9 Å². The van der Waals surface area contributed by atoms with Crippen molar-refractivity contribution in [3.63, 3.8) is 0 Å². The zero-order valence-corrected chi connectivity index (χ0v) is 23.5. The van der Waals surface area contributed by atoms with E-state index in [0.29, 0.717) is 18.5 Å².